The number of nitrogens with one attached hydrogen (secondary N) is 1. The average Bonchev–Trinajstić information content (AvgIpc) is 2.87. The molecule has 2 aliphatic rings. The average molecular weight is 196 g/mol. The third kappa shape index (κ3) is 2.08. The number of aliphatic hydroxyl groups excluding tert-OH is 1. The molecule has 80 valence electrons. The Balaban J connectivity index is 1.82. The predicted octanol–water partition coefficient (Wildman–Crippen LogP) is 1.32. The summed E-state index contributed by atoms with van der Waals surface area (Å²) in [5.74, 6) is 1.16. The second kappa shape index (κ2) is 4.30. The van der Waals surface area contributed by atoms with E-state index >= 15 is 0 Å². The second-order valence-corrected chi connectivity index (χ2v) is 4.65. The van der Waals surface area contributed by atoms with Gasteiger partial charge < -0.3 is 10.4 Å². The van der Waals surface area contributed by atoms with Gasteiger partial charge in [0, 0.05) is 24.9 Å². The summed E-state index contributed by atoms with van der Waals surface area (Å²) < 4.78 is 0. The molecule has 0 aromatic rings. The van der Waals surface area contributed by atoms with Crippen molar-refractivity contribution in [3.63, 3.8) is 0 Å². The molecule has 1 aliphatic carbocycles. The van der Waals surface area contributed by atoms with Crippen LogP contribution in [0.2, 0.25) is 0 Å². The fourth-order valence-electron chi connectivity index (χ4n) is 2.49. The van der Waals surface area contributed by atoms with E-state index in [4.69, 9.17) is 0 Å². The summed E-state index contributed by atoms with van der Waals surface area (Å²) in [5.41, 5.74) is 0.158. The molecule has 2 rings (SSSR count). The molecule has 0 amide bonds. The number of nitrogens with zero attached hydrogens (tertiary/aromatic N) is 1. The van der Waals surface area contributed by atoms with Gasteiger partial charge in [-0.3, -0.25) is 4.99 Å². The van der Waals surface area contributed by atoms with Crippen LogP contribution in [0.3, 0.4) is 0 Å². The van der Waals surface area contributed by atoms with Crippen molar-refractivity contribution in [3.05, 3.63) is 0 Å². The van der Waals surface area contributed by atoms with E-state index in [2.05, 4.69) is 10.3 Å². The predicted molar refractivity (Wildman–Crippen MR) is 57.5 cm³/mol. The molecular formula is C11H20N2O. The molecule has 0 saturated heterocycles. The van der Waals surface area contributed by atoms with Crippen LogP contribution in [0.5, 0.6) is 0 Å². The summed E-state index contributed by atoms with van der Waals surface area (Å²) in [6.07, 6.45) is 7.17. The minimum Gasteiger partial charge on any atom is -0.396 e. The molecule has 0 atom stereocenters. The van der Waals surface area contributed by atoms with Crippen LogP contribution in [0.1, 0.15) is 38.5 Å². The van der Waals surface area contributed by atoms with Crippen LogP contribution in [0.15, 0.2) is 4.99 Å². The summed E-state index contributed by atoms with van der Waals surface area (Å²) in [6.45, 7) is 2.23. The number of aliphatic imine (C=N–C) groups is 1. The quantitative estimate of drug-likeness (QED) is 0.715. The molecule has 0 radical (unpaired) electrons. The number of aliphatic hydroxyl groups is 1. The standard InChI is InChI=1S/C11H20N2O/c14-9-11(5-1-2-6-11)8-13-10-4-3-7-12-10/h14H,1-9H2,(H,12,13). The molecule has 0 bridgehead atoms. The van der Waals surface area contributed by atoms with E-state index in [0.717, 1.165) is 25.3 Å². The van der Waals surface area contributed by atoms with Crippen LogP contribution >= 0.6 is 0 Å². The summed E-state index contributed by atoms with van der Waals surface area (Å²) in [7, 11) is 0. The first-order valence-corrected chi connectivity index (χ1v) is 5.73. The van der Waals surface area contributed by atoms with Gasteiger partial charge in [-0.1, -0.05) is 12.8 Å². The summed E-state index contributed by atoms with van der Waals surface area (Å²) >= 11 is 0. The van der Waals surface area contributed by atoms with E-state index in [9.17, 15) is 5.11 Å². The Kier molecular flexibility index (Phi) is 3.06. The highest BCUT2D eigenvalue weighted by Gasteiger charge is 2.33. The molecule has 1 heterocycles. The van der Waals surface area contributed by atoms with Crippen LogP contribution in [-0.4, -0.2) is 30.6 Å². The van der Waals surface area contributed by atoms with Gasteiger partial charge in [-0.15, -0.1) is 0 Å². The zero-order chi connectivity index (χ0) is 9.86. The molecule has 0 spiro atoms. The van der Waals surface area contributed by atoms with Crippen LogP contribution in [0.25, 0.3) is 0 Å². The van der Waals surface area contributed by atoms with Crippen molar-refractivity contribution in [2.45, 2.75) is 38.5 Å². The molecule has 14 heavy (non-hydrogen) atoms. The number of hydrogen-bond donors (Lipinski definition) is 2. The smallest absolute Gasteiger partial charge is 0.0963 e. The van der Waals surface area contributed by atoms with Crippen molar-refractivity contribution in [1.29, 1.82) is 0 Å². The van der Waals surface area contributed by atoms with Crippen molar-refractivity contribution in [1.82, 2.24) is 5.32 Å². The van der Waals surface area contributed by atoms with E-state index in [1.54, 1.807) is 0 Å². The Morgan fingerprint density at radius 1 is 1.29 bits per heavy atom. The first-order valence-electron chi connectivity index (χ1n) is 5.73. The molecular weight excluding hydrogens is 176 g/mol. The largest absolute Gasteiger partial charge is 0.396 e. The van der Waals surface area contributed by atoms with Crippen LogP contribution in [0.4, 0.5) is 0 Å². The Morgan fingerprint density at radius 2 is 2.07 bits per heavy atom. The summed E-state index contributed by atoms with van der Waals surface area (Å²) in [6, 6.07) is 0. The molecule has 1 fully saturated rings. The Morgan fingerprint density at radius 3 is 2.64 bits per heavy atom. The molecule has 1 saturated carbocycles. The zero-order valence-electron chi connectivity index (χ0n) is 8.76. The fourth-order valence-corrected chi connectivity index (χ4v) is 2.49. The van der Waals surface area contributed by atoms with Gasteiger partial charge in [-0.25, -0.2) is 0 Å². The third-order valence-corrected chi connectivity index (χ3v) is 3.54. The van der Waals surface area contributed by atoms with E-state index in [0.29, 0.717) is 6.61 Å². The minimum atomic E-state index is 0.158. The lowest BCUT2D eigenvalue weighted by Crippen LogP contribution is -2.37. The van der Waals surface area contributed by atoms with Crippen molar-refractivity contribution in [2.24, 2.45) is 10.4 Å². The normalized spacial score (nSPS) is 25.1. The highest BCUT2D eigenvalue weighted by Crippen LogP contribution is 2.36. The second-order valence-electron chi connectivity index (χ2n) is 4.65. The SMILES string of the molecule is OCC1(CNC2=NCCC2)CCCC1. The lowest BCUT2D eigenvalue weighted by Gasteiger charge is -2.27. The van der Waals surface area contributed by atoms with Gasteiger partial charge in [0.05, 0.1) is 12.4 Å². The lowest BCUT2D eigenvalue weighted by molar-refractivity contribution is 0.133. The zero-order valence-corrected chi connectivity index (χ0v) is 8.76. The van der Waals surface area contributed by atoms with Gasteiger partial charge in [0.2, 0.25) is 0 Å². The molecule has 0 aromatic carbocycles. The number of hydrogen-bond acceptors (Lipinski definition) is 3. The van der Waals surface area contributed by atoms with Crippen molar-refractivity contribution in [2.75, 3.05) is 19.7 Å². The maximum absolute atomic E-state index is 9.41. The maximum Gasteiger partial charge on any atom is 0.0963 e. The minimum absolute atomic E-state index is 0.158. The van der Waals surface area contributed by atoms with Crippen molar-refractivity contribution >= 4 is 5.84 Å². The number of rotatable bonds is 3. The van der Waals surface area contributed by atoms with Crippen LogP contribution in [0, 0.1) is 5.41 Å². The van der Waals surface area contributed by atoms with E-state index in [1.165, 1.54) is 32.1 Å². The molecule has 0 unspecified atom stereocenters. The highest BCUT2D eigenvalue weighted by atomic mass is 16.3. The van der Waals surface area contributed by atoms with E-state index in [1.807, 2.05) is 0 Å². The Labute approximate surface area is 85.6 Å². The monoisotopic (exact) mass is 196 g/mol. The van der Waals surface area contributed by atoms with Gasteiger partial charge in [0.15, 0.2) is 0 Å². The Bertz CT molecular complexity index is 219. The van der Waals surface area contributed by atoms with Crippen LogP contribution < -0.4 is 5.32 Å². The molecule has 3 heteroatoms. The van der Waals surface area contributed by atoms with E-state index < -0.39 is 0 Å². The summed E-state index contributed by atoms with van der Waals surface area (Å²) in [4.78, 5) is 4.39. The lowest BCUT2D eigenvalue weighted by atomic mass is 9.87. The van der Waals surface area contributed by atoms with Gasteiger partial charge in [-0.2, -0.15) is 0 Å². The molecule has 2 N–H and O–H groups in total. The van der Waals surface area contributed by atoms with Gasteiger partial charge in [-0.05, 0) is 19.3 Å². The van der Waals surface area contributed by atoms with E-state index in [-0.39, 0.29) is 5.41 Å². The highest BCUT2D eigenvalue weighted by molar-refractivity contribution is 5.83. The molecule has 0 aromatic heterocycles. The Hall–Kier alpha value is -0.570. The van der Waals surface area contributed by atoms with Gasteiger partial charge >= 0.3 is 0 Å². The third-order valence-electron chi connectivity index (χ3n) is 3.54. The number of amidine groups is 1. The molecule has 1 aliphatic heterocycles. The van der Waals surface area contributed by atoms with Gasteiger partial charge in [0.1, 0.15) is 0 Å². The topological polar surface area (TPSA) is 44.6 Å². The molecule has 3 nitrogen and oxygen atoms in total. The maximum atomic E-state index is 9.41. The van der Waals surface area contributed by atoms with Crippen molar-refractivity contribution in [3.8, 4) is 0 Å². The first kappa shape index (κ1) is 9.97. The van der Waals surface area contributed by atoms with Crippen LogP contribution in [-0.2, 0) is 0 Å². The van der Waals surface area contributed by atoms with Crippen molar-refractivity contribution < 1.29 is 5.11 Å². The van der Waals surface area contributed by atoms with Gasteiger partial charge in [0.25, 0.3) is 0 Å². The first-order chi connectivity index (χ1) is 6.85. The summed E-state index contributed by atoms with van der Waals surface area (Å²) in [5, 5.41) is 12.8. The fraction of sp³-hybridized carbons (Fsp3) is 0.909.